The second-order valence-corrected chi connectivity index (χ2v) is 13.0. The van der Waals surface area contributed by atoms with E-state index in [2.05, 4.69) is 115 Å². The van der Waals surface area contributed by atoms with Gasteiger partial charge in [0.25, 0.3) is 0 Å². The highest BCUT2D eigenvalue weighted by atomic mass is 79.9. The Bertz CT molecular complexity index is 709. The van der Waals surface area contributed by atoms with Gasteiger partial charge in [-0.3, -0.25) is 0 Å². The van der Waals surface area contributed by atoms with E-state index < -0.39 is 7.26 Å². The molecule has 0 N–H and O–H groups in total. The molecule has 1 saturated heterocycles. The lowest BCUT2D eigenvalue weighted by molar-refractivity contribution is -0.00000489. The van der Waals surface area contributed by atoms with Gasteiger partial charge in [-0.25, -0.2) is 0 Å². The molecule has 1 fully saturated rings. The van der Waals surface area contributed by atoms with Gasteiger partial charge in [0.2, 0.25) is 0 Å². The molecule has 0 radical (unpaired) electrons. The molecule has 1 heterocycles. The summed E-state index contributed by atoms with van der Waals surface area (Å²) in [7, 11) is -1.66. The number of halogens is 1. The fourth-order valence-electron chi connectivity index (χ4n) is 3.68. The molecule has 0 atom stereocenters. The minimum atomic E-state index is -1.66. The number of thioether (sulfide) groups is 2. The minimum absolute atomic E-state index is 0. The topological polar surface area (TPSA) is 0 Å². The van der Waals surface area contributed by atoms with Crippen molar-refractivity contribution in [2.75, 3.05) is 17.7 Å². The average Bonchev–Trinajstić information content (AvgIpc) is 2.75. The Kier molecular flexibility index (Phi) is 7.90. The van der Waals surface area contributed by atoms with Gasteiger partial charge in [0, 0.05) is 0 Å². The van der Waals surface area contributed by atoms with Crippen molar-refractivity contribution >= 4 is 46.7 Å². The summed E-state index contributed by atoms with van der Waals surface area (Å²) in [6.07, 6.45) is 2.58. The van der Waals surface area contributed by atoms with E-state index in [1.807, 2.05) is 0 Å². The second kappa shape index (κ2) is 10.2. The monoisotopic (exact) mass is 474 g/mol. The van der Waals surface area contributed by atoms with E-state index in [4.69, 9.17) is 0 Å². The molecule has 27 heavy (non-hydrogen) atoms. The first kappa shape index (κ1) is 21.0. The van der Waals surface area contributed by atoms with Crippen LogP contribution in [0.25, 0.3) is 0 Å². The van der Waals surface area contributed by atoms with Crippen LogP contribution < -0.4 is 32.9 Å². The van der Waals surface area contributed by atoms with Crippen LogP contribution in [-0.4, -0.2) is 22.2 Å². The molecule has 3 aromatic carbocycles. The van der Waals surface area contributed by atoms with Crippen LogP contribution in [0.2, 0.25) is 0 Å². The maximum atomic E-state index is 2.35. The molecule has 0 spiro atoms. The summed E-state index contributed by atoms with van der Waals surface area (Å²) >= 11 is 4.33. The molecule has 4 heteroatoms. The van der Waals surface area contributed by atoms with E-state index in [1.54, 1.807) is 0 Å². The van der Waals surface area contributed by atoms with Gasteiger partial charge in [-0.05, 0) is 54.3 Å². The Morgan fingerprint density at radius 3 is 1.37 bits per heavy atom. The molecule has 1 aliphatic rings. The maximum absolute atomic E-state index is 2.35. The quantitative estimate of drug-likeness (QED) is 0.519. The van der Waals surface area contributed by atoms with Crippen molar-refractivity contribution in [2.24, 2.45) is 0 Å². The Labute approximate surface area is 182 Å². The number of hydrogen-bond acceptors (Lipinski definition) is 2. The number of rotatable bonds is 5. The third-order valence-electron chi connectivity index (χ3n) is 4.91. The summed E-state index contributed by atoms with van der Waals surface area (Å²) in [4.78, 5) is 0. The molecule has 0 unspecified atom stereocenters. The predicted molar refractivity (Wildman–Crippen MR) is 123 cm³/mol. The van der Waals surface area contributed by atoms with Crippen molar-refractivity contribution < 1.29 is 17.0 Å². The summed E-state index contributed by atoms with van der Waals surface area (Å²) in [5.41, 5.74) is 0. The largest absolute Gasteiger partial charge is 1.00 e. The molecule has 0 nitrogen and oxygen atoms in total. The Hall–Kier alpha value is -0.730. The molecular weight excluding hydrogens is 451 g/mol. The van der Waals surface area contributed by atoms with E-state index in [0.29, 0.717) is 4.58 Å². The fourth-order valence-corrected chi connectivity index (χ4v) is 12.2. The van der Waals surface area contributed by atoms with Crippen LogP contribution in [0.4, 0.5) is 0 Å². The lowest BCUT2D eigenvalue weighted by Crippen LogP contribution is -3.00. The maximum Gasteiger partial charge on any atom is 0.114 e. The highest BCUT2D eigenvalue weighted by Gasteiger charge is 2.47. The smallest absolute Gasteiger partial charge is 0.114 e. The van der Waals surface area contributed by atoms with Crippen LogP contribution in [0.1, 0.15) is 6.42 Å². The average molecular weight is 475 g/mol. The van der Waals surface area contributed by atoms with E-state index in [0.717, 1.165) is 0 Å². The van der Waals surface area contributed by atoms with Gasteiger partial charge in [0.1, 0.15) is 23.2 Å². The van der Waals surface area contributed by atoms with Crippen LogP contribution in [-0.2, 0) is 0 Å². The van der Waals surface area contributed by atoms with Gasteiger partial charge in [-0.1, -0.05) is 54.6 Å². The molecule has 0 bridgehead atoms. The number of hydrogen-bond donors (Lipinski definition) is 0. The molecule has 0 amide bonds. The third-order valence-corrected chi connectivity index (χ3v) is 12.8. The lowest BCUT2D eigenvalue weighted by Gasteiger charge is -2.32. The van der Waals surface area contributed by atoms with Gasteiger partial charge < -0.3 is 17.0 Å². The van der Waals surface area contributed by atoms with Gasteiger partial charge in [0.05, 0.1) is 10.7 Å². The molecule has 0 aromatic heterocycles. The molecule has 0 aliphatic carbocycles. The summed E-state index contributed by atoms with van der Waals surface area (Å²) in [6, 6.07) is 33.8. The summed E-state index contributed by atoms with van der Waals surface area (Å²) in [5, 5.41) is 4.51. The van der Waals surface area contributed by atoms with E-state index >= 15 is 0 Å². The predicted octanol–water partition coefficient (Wildman–Crippen LogP) is 2.18. The highest BCUT2D eigenvalue weighted by molar-refractivity contribution is 8.18. The normalized spacial score (nSPS) is 15.1. The minimum Gasteiger partial charge on any atom is -1.00 e. The Morgan fingerprint density at radius 2 is 1.00 bits per heavy atom. The van der Waals surface area contributed by atoms with Crippen LogP contribution in [0.5, 0.6) is 0 Å². The zero-order valence-electron chi connectivity index (χ0n) is 15.2. The Balaban J connectivity index is 0.00000210. The van der Waals surface area contributed by atoms with Crippen molar-refractivity contribution in [1.82, 2.24) is 0 Å². The zero-order valence-corrected chi connectivity index (χ0v) is 19.3. The van der Waals surface area contributed by atoms with Gasteiger partial charge >= 0.3 is 0 Å². The Morgan fingerprint density at radius 1 is 0.630 bits per heavy atom. The first-order valence-electron chi connectivity index (χ1n) is 9.18. The van der Waals surface area contributed by atoms with Crippen LogP contribution >= 0.6 is 30.8 Å². The second-order valence-electron chi connectivity index (χ2n) is 6.52. The van der Waals surface area contributed by atoms with Gasteiger partial charge in [-0.15, -0.1) is 23.5 Å². The first-order valence-corrected chi connectivity index (χ1v) is 13.2. The summed E-state index contributed by atoms with van der Waals surface area (Å²) < 4.78 is 0.678. The van der Waals surface area contributed by atoms with Crippen molar-refractivity contribution in [3.05, 3.63) is 91.0 Å². The van der Waals surface area contributed by atoms with E-state index in [9.17, 15) is 0 Å². The molecule has 140 valence electrons. The fraction of sp³-hybridized carbons (Fsp3) is 0.217. The third kappa shape index (κ3) is 4.65. The van der Waals surface area contributed by atoms with Crippen LogP contribution in [0, 0.1) is 0 Å². The van der Waals surface area contributed by atoms with Crippen molar-refractivity contribution in [3.63, 3.8) is 0 Å². The molecule has 1 aliphatic heterocycles. The standard InChI is InChI=1S/C23H24PS2.BrH/c1-4-11-20(12-5-1)24(21-13-6-2-7-14-21,22-15-8-3-9-16-22)19-23-25-17-10-18-26-23;/h1-9,11-16,23H,10,17-19H2;1H/q+1;/p-1. The molecule has 3 aromatic rings. The highest BCUT2D eigenvalue weighted by Crippen LogP contribution is 2.58. The van der Waals surface area contributed by atoms with E-state index in [1.165, 1.54) is 40.0 Å². The SMILES string of the molecule is [Br-].c1ccc([P+](CC2SCCCS2)(c2ccccc2)c2ccccc2)cc1. The van der Waals surface area contributed by atoms with Crippen LogP contribution in [0.3, 0.4) is 0 Å². The molecule has 4 rings (SSSR count). The summed E-state index contributed by atoms with van der Waals surface area (Å²) in [5.74, 6) is 2.60. The van der Waals surface area contributed by atoms with Crippen molar-refractivity contribution in [1.29, 1.82) is 0 Å². The van der Waals surface area contributed by atoms with Crippen molar-refractivity contribution in [3.8, 4) is 0 Å². The van der Waals surface area contributed by atoms with Crippen molar-refractivity contribution in [2.45, 2.75) is 11.0 Å². The van der Waals surface area contributed by atoms with E-state index in [-0.39, 0.29) is 17.0 Å². The van der Waals surface area contributed by atoms with Gasteiger partial charge in [0.15, 0.2) is 0 Å². The zero-order chi connectivity index (χ0) is 17.7. The molecule has 0 saturated carbocycles. The molecular formula is C23H24BrPS2. The van der Waals surface area contributed by atoms with Gasteiger partial charge in [-0.2, -0.15) is 0 Å². The number of benzene rings is 3. The van der Waals surface area contributed by atoms with Crippen LogP contribution in [0.15, 0.2) is 91.0 Å². The summed E-state index contributed by atoms with van der Waals surface area (Å²) in [6.45, 7) is 0. The lowest BCUT2D eigenvalue weighted by atomic mass is 10.4. The first-order chi connectivity index (χ1) is 12.9.